The van der Waals surface area contributed by atoms with Crippen LogP contribution < -0.4 is 30.2 Å². The third-order valence-corrected chi connectivity index (χ3v) is 8.80. The molecule has 0 spiro atoms. The van der Waals surface area contributed by atoms with Crippen molar-refractivity contribution in [3.05, 3.63) is 72.3 Å². The summed E-state index contributed by atoms with van der Waals surface area (Å²) in [5, 5.41) is 18.7. The third-order valence-electron chi connectivity index (χ3n) is 8.80. The standard InChI is InChI=1S/C38H51N5O8/c1-25-22-43(26(2)24-44)36(45)33-21-30(40-37(46)39-28-10-15-31(48-5)16-11-28)14-19-34(33)51-27(3)9-7-8-20-50-35(25)23-42(4)38(47)41-29-12-17-32(49-6)18-13-29/h10-19,21,25-27,35,44H,7-9,20,22-24H2,1-6H3,(H,41,47)(H2,39,40,46)/t25-,26-,27-,35+/m0/s1. The Morgan fingerprint density at radius 1 is 0.922 bits per heavy atom. The zero-order valence-electron chi connectivity index (χ0n) is 30.3. The highest BCUT2D eigenvalue weighted by Crippen LogP contribution is 2.29. The minimum absolute atomic E-state index is 0.206. The first kappa shape index (κ1) is 38.8. The van der Waals surface area contributed by atoms with Gasteiger partial charge in [0.25, 0.3) is 5.91 Å². The monoisotopic (exact) mass is 705 g/mol. The summed E-state index contributed by atoms with van der Waals surface area (Å²) in [4.78, 5) is 43.6. The van der Waals surface area contributed by atoms with E-state index < -0.39 is 18.2 Å². The summed E-state index contributed by atoms with van der Waals surface area (Å²) in [5.74, 6) is 1.13. The number of hydrogen-bond donors (Lipinski definition) is 4. The summed E-state index contributed by atoms with van der Waals surface area (Å²) in [6.07, 6.45) is 1.72. The second-order valence-corrected chi connectivity index (χ2v) is 12.9. The van der Waals surface area contributed by atoms with Gasteiger partial charge in [-0.05, 0) is 99.8 Å². The molecular weight excluding hydrogens is 654 g/mol. The zero-order valence-corrected chi connectivity index (χ0v) is 30.3. The highest BCUT2D eigenvalue weighted by Gasteiger charge is 2.31. The van der Waals surface area contributed by atoms with Gasteiger partial charge in [0, 0.05) is 49.7 Å². The quantitative estimate of drug-likeness (QED) is 0.202. The second-order valence-electron chi connectivity index (χ2n) is 12.9. The van der Waals surface area contributed by atoms with Gasteiger partial charge in [0.15, 0.2) is 0 Å². The Morgan fingerprint density at radius 3 is 2.12 bits per heavy atom. The van der Waals surface area contributed by atoms with Crippen LogP contribution in [0.5, 0.6) is 17.2 Å². The Balaban J connectivity index is 1.55. The lowest BCUT2D eigenvalue weighted by atomic mass is 10.0. The smallest absolute Gasteiger partial charge is 0.323 e. The maximum atomic E-state index is 14.4. The number of hydrogen-bond acceptors (Lipinski definition) is 8. The summed E-state index contributed by atoms with van der Waals surface area (Å²) >= 11 is 0. The van der Waals surface area contributed by atoms with E-state index in [1.807, 2.05) is 13.8 Å². The van der Waals surface area contributed by atoms with Crippen molar-refractivity contribution in [1.82, 2.24) is 9.80 Å². The van der Waals surface area contributed by atoms with Gasteiger partial charge in [0.1, 0.15) is 17.2 Å². The Bertz CT molecular complexity index is 1590. The van der Waals surface area contributed by atoms with Crippen molar-refractivity contribution >= 4 is 35.0 Å². The van der Waals surface area contributed by atoms with Gasteiger partial charge in [-0.2, -0.15) is 0 Å². The van der Waals surface area contributed by atoms with Gasteiger partial charge in [-0.15, -0.1) is 0 Å². The van der Waals surface area contributed by atoms with Crippen molar-refractivity contribution in [3.63, 3.8) is 0 Å². The maximum Gasteiger partial charge on any atom is 0.323 e. The van der Waals surface area contributed by atoms with E-state index >= 15 is 0 Å². The van der Waals surface area contributed by atoms with E-state index in [4.69, 9.17) is 18.9 Å². The molecule has 4 rings (SSSR count). The normalized spacial score (nSPS) is 19.0. The number of aliphatic hydroxyl groups is 1. The number of carbonyl (C=O) groups excluding carboxylic acids is 3. The summed E-state index contributed by atoms with van der Waals surface area (Å²) in [5.41, 5.74) is 1.84. The van der Waals surface area contributed by atoms with E-state index in [1.165, 1.54) is 0 Å². The molecule has 1 heterocycles. The van der Waals surface area contributed by atoms with Crippen LogP contribution >= 0.6 is 0 Å². The van der Waals surface area contributed by atoms with Gasteiger partial charge < -0.3 is 49.8 Å². The molecule has 4 atom stereocenters. The number of nitrogens with zero attached hydrogens (tertiary/aromatic N) is 2. The second kappa shape index (κ2) is 18.8. The fourth-order valence-electron chi connectivity index (χ4n) is 5.68. The Morgan fingerprint density at radius 2 is 1.51 bits per heavy atom. The number of anilines is 3. The third kappa shape index (κ3) is 11.2. The zero-order chi connectivity index (χ0) is 36.9. The topological polar surface area (TPSA) is 151 Å². The molecule has 13 nitrogen and oxygen atoms in total. The number of aliphatic hydroxyl groups excluding tert-OH is 1. The summed E-state index contributed by atoms with van der Waals surface area (Å²) in [7, 11) is 4.85. The minimum atomic E-state index is -0.551. The van der Waals surface area contributed by atoms with Crippen LogP contribution in [0.1, 0.15) is 50.4 Å². The molecule has 1 aliphatic heterocycles. The van der Waals surface area contributed by atoms with Crippen molar-refractivity contribution in [2.45, 2.75) is 58.3 Å². The van der Waals surface area contributed by atoms with Gasteiger partial charge in [0.05, 0.1) is 44.6 Å². The number of urea groups is 2. The largest absolute Gasteiger partial charge is 0.497 e. The van der Waals surface area contributed by atoms with Crippen molar-refractivity contribution < 1.29 is 38.4 Å². The molecule has 0 bridgehead atoms. The highest BCUT2D eigenvalue weighted by atomic mass is 16.5. The molecule has 0 saturated heterocycles. The van der Waals surface area contributed by atoms with E-state index in [2.05, 4.69) is 16.0 Å². The number of fused-ring (bicyclic) bond motifs is 1. The molecule has 4 N–H and O–H groups in total. The predicted molar refractivity (Wildman–Crippen MR) is 197 cm³/mol. The average Bonchev–Trinajstić information content (AvgIpc) is 3.13. The molecule has 3 aromatic carbocycles. The fourth-order valence-corrected chi connectivity index (χ4v) is 5.68. The Kier molecular flexibility index (Phi) is 14.3. The first-order valence-corrected chi connectivity index (χ1v) is 17.2. The molecule has 13 heteroatoms. The molecule has 0 unspecified atom stereocenters. The lowest BCUT2D eigenvalue weighted by molar-refractivity contribution is -0.0115. The summed E-state index contributed by atoms with van der Waals surface area (Å²) < 4.78 is 23.1. The van der Waals surface area contributed by atoms with Crippen LogP contribution in [0.2, 0.25) is 0 Å². The number of likely N-dealkylation sites (N-methyl/N-ethyl adjacent to an activating group) is 1. The van der Waals surface area contributed by atoms with E-state index in [0.717, 1.165) is 19.3 Å². The van der Waals surface area contributed by atoms with Crippen molar-refractivity contribution in [3.8, 4) is 17.2 Å². The maximum absolute atomic E-state index is 14.4. The Labute approximate surface area is 300 Å². The van der Waals surface area contributed by atoms with Crippen LogP contribution in [0.4, 0.5) is 26.7 Å². The SMILES string of the molecule is COc1ccc(NC(=O)Nc2ccc3c(c2)C(=O)N([C@@H](C)CO)C[C@H](C)[C@@H](CN(C)C(=O)Nc2ccc(OC)cc2)OCCCC[C@H](C)O3)cc1. The molecule has 5 amide bonds. The summed E-state index contributed by atoms with van der Waals surface area (Å²) in [6, 6.07) is 17.6. The van der Waals surface area contributed by atoms with Gasteiger partial charge in [0.2, 0.25) is 0 Å². The van der Waals surface area contributed by atoms with E-state index in [9.17, 15) is 19.5 Å². The molecule has 0 aliphatic carbocycles. The number of rotatable bonds is 9. The molecule has 0 fully saturated rings. The number of benzene rings is 3. The van der Waals surface area contributed by atoms with Crippen LogP contribution in [0.15, 0.2) is 66.7 Å². The van der Waals surface area contributed by atoms with Gasteiger partial charge >= 0.3 is 12.1 Å². The number of carbonyl (C=O) groups is 3. The first-order valence-electron chi connectivity index (χ1n) is 17.2. The van der Waals surface area contributed by atoms with Crippen LogP contribution in [0.25, 0.3) is 0 Å². The van der Waals surface area contributed by atoms with Crippen molar-refractivity contribution in [1.29, 1.82) is 0 Å². The number of amides is 5. The van der Waals surface area contributed by atoms with Gasteiger partial charge in [-0.1, -0.05) is 6.92 Å². The molecular formula is C38H51N5O8. The molecule has 0 radical (unpaired) electrons. The molecule has 3 aromatic rings. The minimum Gasteiger partial charge on any atom is -0.497 e. The van der Waals surface area contributed by atoms with Crippen molar-refractivity contribution in [2.24, 2.45) is 5.92 Å². The lowest BCUT2D eigenvalue weighted by Crippen LogP contribution is -2.48. The van der Waals surface area contributed by atoms with E-state index in [-0.39, 0.29) is 49.2 Å². The van der Waals surface area contributed by atoms with Crippen LogP contribution in [-0.2, 0) is 4.74 Å². The van der Waals surface area contributed by atoms with Gasteiger partial charge in [-0.25, -0.2) is 9.59 Å². The lowest BCUT2D eigenvalue weighted by Gasteiger charge is -2.35. The molecule has 276 valence electrons. The number of ether oxygens (including phenoxy) is 4. The first-order chi connectivity index (χ1) is 24.5. The van der Waals surface area contributed by atoms with Crippen LogP contribution in [-0.4, -0.2) is 98.7 Å². The van der Waals surface area contributed by atoms with Gasteiger partial charge in [-0.3, -0.25) is 4.79 Å². The van der Waals surface area contributed by atoms with Crippen molar-refractivity contribution in [2.75, 3.05) is 63.5 Å². The number of methoxy groups -OCH3 is 2. The van der Waals surface area contributed by atoms with E-state index in [0.29, 0.717) is 40.9 Å². The highest BCUT2D eigenvalue weighted by molar-refractivity contribution is 6.02. The Hall–Kier alpha value is -5.01. The molecule has 0 saturated carbocycles. The predicted octanol–water partition coefficient (Wildman–Crippen LogP) is 6.31. The van der Waals surface area contributed by atoms with Crippen LogP contribution in [0, 0.1) is 5.92 Å². The fraction of sp³-hybridized carbons (Fsp3) is 0.447. The number of nitrogens with one attached hydrogen (secondary N) is 3. The van der Waals surface area contributed by atoms with Crippen LogP contribution in [0.3, 0.4) is 0 Å². The average molecular weight is 706 g/mol. The molecule has 0 aromatic heterocycles. The molecule has 1 aliphatic rings. The summed E-state index contributed by atoms with van der Waals surface area (Å²) in [6.45, 7) is 6.38. The molecule has 51 heavy (non-hydrogen) atoms. The van der Waals surface area contributed by atoms with E-state index in [1.54, 1.807) is 105 Å².